The molecule has 0 N–H and O–H groups in total. The lowest BCUT2D eigenvalue weighted by molar-refractivity contribution is 0.0946. The van der Waals surface area contributed by atoms with Crippen LogP contribution in [0.1, 0.15) is 40.4 Å². The summed E-state index contributed by atoms with van der Waals surface area (Å²) < 4.78 is 1.23. The second kappa shape index (κ2) is 3.18. The van der Waals surface area contributed by atoms with E-state index in [2.05, 4.69) is 22.0 Å². The summed E-state index contributed by atoms with van der Waals surface area (Å²) >= 11 is 3.69. The Morgan fingerprint density at radius 3 is 2.93 bits per heavy atom. The van der Waals surface area contributed by atoms with E-state index in [1.54, 1.807) is 0 Å². The van der Waals surface area contributed by atoms with Crippen molar-refractivity contribution < 1.29 is 4.79 Å². The predicted molar refractivity (Wildman–Crippen MR) is 63.4 cm³/mol. The first-order chi connectivity index (χ1) is 7.18. The van der Waals surface area contributed by atoms with Gasteiger partial charge in [-0.05, 0) is 48.4 Å². The molecule has 3 rings (SSSR count). The quantitative estimate of drug-likeness (QED) is 0.703. The average Bonchev–Trinajstić information content (AvgIpc) is 2.77. The van der Waals surface area contributed by atoms with E-state index in [-0.39, 0.29) is 5.92 Å². The SMILES string of the molecule is C[C@@H]1Cc2c(cc3c(c2Br)CCC3)C1=O. The molecule has 0 bridgehead atoms. The van der Waals surface area contributed by atoms with Crippen molar-refractivity contribution in [3.8, 4) is 0 Å². The Kier molecular flexibility index (Phi) is 2.03. The van der Waals surface area contributed by atoms with Gasteiger partial charge in [0, 0.05) is 16.0 Å². The van der Waals surface area contributed by atoms with Crippen LogP contribution in [0.15, 0.2) is 10.5 Å². The fraction of sp³-hybridized carbons (Fsp3) is 0.462. The fourth-order valence-electron chi connectivity index (χ4n) is 2.82. The number of rotatable bonds is 0. The molecular weight excluding hydrogens is 252 g/mol. The summed E-state index contributed by atoms with van der Waals surface area (Å²) in [6, 6.07) is 2.15. The number of fused-ring (bicyclic) bond motifs is 2. The normalized spacial score (nSPS) is 23.1. The smallest absolute Gasteiger partial charge is 0.166 e. The molecule has 0 spiro atoms. The van der Waals surface area contributed by atoms with Crippen LogP contribution in [0.4, 0.5) is 0 Å². The van der Waals surface area contributed by atoms with Crippen LogP contribution in [0, 0.1) is 5.92 Å². The zero-order valence-corrected chi connectivity index (χ0v) is 10.4. The highest BCUT2D eigenvalue weighted by Crippen LogP contribution is 2.39. The first-order valence-electron chi connectivity index (χ1n) is 5.56. The van der Waals surface area contributed by atoms with Gasteiger partial charge in [-0.2, -0.15) is 0 Å². The summed E-state index contributed by atoms with van der Waals surface area (Å²) in [6.45, 7) is 2.03. The van der Waals surface area contributed by atoms with E-state index in [0.717, 1.165) is 18.4 Å². The van der Waals surface area contributed by atoms with Crippen LogP contribution in [-0.4, -0.2) is 5.78 Å². The van der Waals surface area contributed by atoms with Crippen molar-refractivity contribution in [1.82, 2.24) is 0 Å². The van der Waals surface area contributed by atoms with E-state index in [1.165, 1.54) is 34.0 Å². The van der Waals surface area contributed by atoms with Crippen molar-refractivity contribution in [3.63, 3.8) is 0 Å². The fourth-order valence-corrected chi connectivity index (χ4v) is 3.65. The minimum absolute atomic E-state index is 0.179. The second-order valence-electron chi connectivity index (χ2n) is 4.68. The lowest BCUT2D eigenvalue weighted by atomic mass is 10.0. The van der Waals surface area contributed by atoms with Gasteiger partial charge < -0.3 is 0 Å². The Morgan fingerprint density at radius 2 is 2.13 bits per heavy atom. The van der Waals surface area contributed by atoms with E-state index in [9.17, 15) is 4.79 Å². The monoisotopic (exact) mass is 264 g/mol. The summed E-state index contributed by atoms with van der Waals surface area (Å²) in [5, 5.41) is 0. The highest BCUT2D eigenvalue weighted by Gasteiger charge is 2.31. The van der Waals surface area contributed by atoms with Crippen molar-refractivity contribution in [2.24, 2.45) is 5.92 Å². The van der Waals surface area contributed by atoms with E-state index in [4.69, 9.17) is 0 Å². The highest BCUT2D eigenvalue weighted by atomic mass is 79.9. The number of aryl methyl sites for hydroxylation is 1. The van der Waals surface area contributed by atoms with Crippen LogP contribution < -0.4 is 0 Å². The Morgan fingerprint density at radius 1 is 1.33 bits per heavy atom. The van der Waals surface area contributed by atoms with Crippen molar-refractivity contribution >= 4 is 21.7 Å². The number of hydrogen-bond acceptors (Lipinski definition) is 1. The first-order valence-corrected chi connectivity index (χ1v) is 6.35. The van der Waals surface area contributed by atoms with Gasteiger partial charge in [0.15, 0.2) is 5.78 Å². The van der Waals surface area contributed by atoms with Crippen LogP contribution in [0.5, 0.6) is 0 Å². The molecule has 15 heavy (non-hydrogen) atoms. The van der Waals surface area contributed by atoms with E-state index < -0.39 is 0 Å². The summed E-state index contributed by atoms with van der Waals surface area (Å²) in [5.74, 6) is 0.513. The molecule has 1 atom stereocenters. The molecule has 0 aromatic heterocycles. The van der Waals surface area contributed by atoms with Gasteiger partial charge in [-0.15, -0.1) is 0 Å². The van der Waals surface area contributed by atoms with Crippen LogP contribution in [-0.2, 0) is 19.3 Å². The molecule has 0 fully saturated rings. The minimum Gasteiger partial charge on any atom is -0.294 e. The lowest BCUT2D eigenvalue weighted by Crippen LogP contribution is -2.03. The van der Waals surface area contributed by atoms with Crippen LogP contribution in [0.25, 0.3) is 0 Å². The molecule has 0 radical (unpaired) electrons. The molecule has 0 unspecified atom stereocenters. The Labute approximate surface area is 98.0 Å². The average molecular weight is 265 g/mol. The molecule has 0 saturated carbocycles. The van der Waals surface area contributed by atoms with Gasteiger partial charge in [-0.3, -0.25) is 4.79 Å². The molecule has 1 aromatic rings. The number of Topliss-reactive ketones (excluding diaryl/α,β-unsaturated/α-hetero) is 1. The Balaban J connectivity index is 2.25. The number of carbonyl (C=O) groups excluding carboxylic acids is 1. The molecule has 0 heterocycles. The van der Waals surface area contributed by atoms with Crippen LogP contribution >= 0.6 is 15.9 Å². The van der Waals surface area contributed by atoms with E-state index in [0.29, 0.717) is 5.78 Å². The van der Waals surface area contributed by atoms with Gasteiger partial charge in [0.1, 0.15) is 0 Å². The molecule has 0 amide bonds. The van der Waals surface area contributed by atoms with Gasteiger partial charge in [-0.25, -0.2) is 0 Å². The number of halogens is 1. The molecule has 1 nitrogen and oxygen atoms in total. The van der Waals surface area contributed by atoms with Gasteiger partial charge in [-0.1, -0.05) is 22.9 Å². The number of hydrogen-bond donors (Lipinski definition) is 0. The minimum atomic E-state index is 0.179. The zero-order valence-electron chi connectivity index (χ0n) is 8.77. The van der Waals surface area contributed by atoms with Crippen molar-refractivity contribution in [1.29, 1.82) is 0 Å². The summed E-state index contributed by atoms with van der Waals surface area (Å²) in [7, 11) is 0. The van der Waals surface area contributed by atoms with E-state index in [1.807, 2.05) is 6.92 Å². The van der Waals surface area contributed by atoms with E-state index >= 15 is 0 Å². The van der Waals surface area contributed by atoms with Gasteiger partial charge in [0.2, 0.25) is 0 Å². The summed E-state index contributed by atoms with van der Waals surface area (Å²) in [5.41, 5.74) is 5.09. The van der Waals surface area contributed by atoms with Gasteiger partial charge in [0.05, 0.1) is 0 Å². The maximum atomic E-state index is 11.9. The number of benzene rings is 1. The Hall–Kier alpha value is -0.630. The molecule has 0 saturated heterocycles. The molecule has 2 aliphatic carbocycles. The third kappa shape index (κ3) is 1.24. The van der Waals surface area contributed by atoms with Crippen LogP contribution in [0.3, 0.4) is 0 Å². The lowest BCUT2D eigenvalue weighted by Gasteiger charge is -2.08. The van der Waals surface area contributed by atoms with Crippen molar-refractivity contribution in [2.75, 3.05) is 0 Å². The molecule has 2 heteroatoms. The molecular formula is C13H13BrO. The number of carbonyl (C=O) groups is 1. The maximum Gasteiger partial charge on any atom is 0.166 e. The zero-order chi connectivity index (χ0) is 10.6. The third-order valence-electron chi connectivity index (χ3n) is 3.66. The molecule has 2 aliphatic rings. The van der Waals surface area contributed by atoms with Crippen LogP contribution in [0.2, 0.25) is 0 Å². The number of ketones is 1. The third-order valence-corrected chi connectivity index (χ3v) is 4.61. The van der Waals surface area contributed by atoms with Crippen molar-refractivity contribution in [3.05, 3.63) is 32.8 Å². The standard InChI is InChI=1S/C13H13BrO/c1-7-5-10-11(13(7)15)6-8-3-2-4-9(8)12(10)14/h6-7H,2-5H2,1H3/t7-/m1/s1. The largest absolute Gasteiger partial charge is 0.294 e. The molecule has 0 aliphatic heterocycles. The first kappa shape index (κ1) is 9.59. The predicted octanol–water partition coefficient (Wildman–Crippen LogP) is 3.31. The highest BCUT2D eigenvalue weighted by molar-refractivity contribution is 9.10. The summed E-state index contributed by atoms with van der Waals surface area (Å²) in [4.78, 5) is 11.9. The summed E-state index contributed by atoms with van der Waals surface area (Å²) in [6.07, 6.45) is 4.47. The van der Waals surface area contributed by atoms with Gasteiger partial charge in [0.25, 0.3) is 0 Å². The van der Waals surface area contributed by atoms with Crippen molar-refractivity contribution in [2.45, 2.75) is 32.6 Å². The second-order valence-corrected chi connectivity index (χ2v) is 5.47. The maximum absolute atomic E-state index is 11.9. The topological polar surface area (TPSA) is 17.1 Å². The Bertz CT molecular complexity index is 462. The van der Waals surface area contributed by atoms with Gasteiger partial charge >= 0.3 is 0 Å². The molecule has 78 valence electrons. The molecule has 1 aromatic carbocycles.